The molecule has 2 saturated heterocycles. The summed E-state index contributed by atoms with van der Waals surface area (Å²) in [6.45, 7) is 4.11. The number of carbonyl (C=O) groups excluding carboxylic acids is 2. The van der Waals surface area contributed by atoms with Gasteiger partial charge in [-0.15, -0.1) is 0 Å². The second kappa shape index (κ2) is 11.3. The van der Waals surface area contributed by atoms with Crippen molar-refractivity contribution < 1.29 is 41.9 Å². The van der Waals surface area contributed by atoms with Gasteiger partial charge < -0.3 is 19.9 Å². The van der Waals surface area contributed by atoms with Crippen molar-refractivity contribution in [2.45, 2.75) is 70.4 Å². The number of aromatic nitrogens is 3. The summed E-state index contributed by atoms with van der Waals surface area (Å²) < 4.78 is 47.5. The molecule has 38 heavy (non-hydrogen) atoms. The predicted octanol–water partition coefficient (Wildman–Crippen LogP) is 2.62. The number of nitriles is 1. The number of rotatable bonds is 10. The summed E-state index contributed by atoms with van der Waals surface area (Å²) in [5, 5.41) is 14.5. The van der Waals surface area contributed by atoms with Gasteiger partial charge in [-0.3, -0.25) is 18.6 Å². The molecule has 0 bridgehead atoms. The highest BCUT2D eigenvalue weighted by atomic mass is 31.2. The molecule has 2 aliphatic rings. The van der Waals surface area contributed by atoms with Crippen molar-refractivity contribution in [3.05, 3.63) is 24.2 Å². The standard InChI is InChI=1S/C23H30N5O9P/c1-4-6-15(7-5-2)22(30)32-13-34-38(31)33-10-17-19(37-38)20(35-14(3)29)23(11-24,36-17)18-9-8-16-21(25)26-12-27-28(16)18/h8-9,12,15,17,19-20H,4-7,10,13H2,1-3H3,(H2,25,26,27)/t17-,19-,20-,23+,38-/m1/s1. The predicted molar refractivity (Wildman–Crippen MR) is 129 cm³/mol. The molecule has 0 aliphatic carbocycles. The van der Waals surface area contributed by atoms with Gasteiger partial charge >= 0.3 is 19.8 Å². The third-order valence-corrected chi connectivity index (χ3v) is 7.78. The number of carbonyl (C=O) groups is 2. The Bertz CT molecular complexity index is 1270. The molecule has 2 N–H and O–H groups in total. The smallest absolute Gasteiger partial charge is 0.455 e. The van der Waals surface area contributed by atoms with Gasteiger partial charge in [0.15, 0.2) is 11.9 Å². The van der Waals surface area contributed by atoms with E-state index in [2.05, 4.69) is 16.2 Å². The van der Waals surface area contributed by atoms with E-state index in [-0.39, 0.29) is 24.0 Å². The number of anilines is 1. The highest BCUT2D eigenvalue weighted by molar-refractivity contribution is 7.48. The number of fused-ring (bicyclic) bond motifs is 2. The van der Waals surface area contributed by atoms with E-state index in [0.29, 0.717) is 18.4 Å². The highest BCUT2D eigenvalue weighted by Crippen LogP contribution is 2.58. The van der Waals surface area contributed by atoms with Crippen molar-refractivity contribution >= 4 is 31.1 Å². The van der Waals surface area contributed by atoms with E-state index >= 15 is 0 Å². The maximum atomic E-state index is 13.3. The molecule has 4 rings (SSSR count). The van der Waals surface area contributed by atoms with Gasteiger partial charge in [-0.25, -0.2) is 18.6 Å². The third kappa shape index (κ3) is 5.25. The fourth-order valence-electron chi connectivity index (χ4n) is 4.72. The Balaban J connectivity index is 1.56. The van der Waals surface area contributed by atoms with E-state index in [1.807, 2.05) is 13.8 Å². The summed E-state index contributed by atoms with van der Waals surface area (Å²) in [5.41, 5.74) is 4.59. The van der Waals surface area contributed by atoms with Gasteiger partial charge in [0.25, 0.3) is 0 Å². The quantitative estimate of drug-likeness (QED) is 0.258. The highest BCUT2D eigenvalue weighted by Gasteiger charge is 2.64. The lowest BCUT2D eigenvalue weighted by Gasteiger charge is -2.32. The average Bonchev–Trinajstić information content (AvgIpc) is 3.44. The number of phosphoric acid groups is 1. The summed E-state index contributed by atoms with van der Waals surface area (Å²) in [5.74, 6) is -1.34. The average molecular weight is 551 g/mol. The first-order chi connectivity index (χ1) is 18.2. The lowest BCUT2D eigenvalue weighted by molar-refractivity contribution is -0.160. The van der Waals surface area contributed by atoms with E-state index in [9.17, 15) is 19.4 Å². The van der Waals surface area contributed by atoms with Crippen LogP contribution >= 0.6 is 7.82 Å². The van der Waals surface area contributed by atoms with Crippen LogP contribution in [-0.2, 0) is 47.5 Å². The van der Waals surface area contributed by atoms with Crippen LogP contribution in [0, 0.1) is 17.2 Å². The number of hydrogen-bond acceptors (Lipinski definition) is 13. The van der Waals surface area contributed by atoms with Crippen LogP contribution in [0.4, 0.5) is 5.82 Å². The minimum Gasteiger partial charge on any atom is -0.455 e. The van der Waals surface area contributed by atoms with Crippen molar-refractivity contribution in [1.29, 1.82) is 5.26 Å². The lowest BCUT2D eigenvalue weighted by atomic mass is 9.92. The normalized spacial score (nSPS) is 28.7. The van der Waals surface area contributed by atoms with Crippen LogP contribution in [-0.4, -0.2) is 58.2 Å². The number of phosphoric ester groups is 1. The molecule has 0 unspecified atom stereocenters. The minimum absolute atomic E-state index is 0.158. The Morgan fingerprint density at radius 1 is 1.34 bits per heavy atom. The Morgan fingerprint density at radius 2 is 2.08 bits per heavy atom. The Morgan fingerprint density at radius 3 is 2.74 bits per heavy atom. The van der Waals surface area contributed by atoms with E-state index < -0.39 is 50.5 Å². The second-order valence-electron chi connectivity index (χ2n) is 8.99. The summed E-state index contributed by atoms with van der Waals surface area (Å²) in [4.78, 5) is 28.4. The Hall–Kier alpha value is -3.08. The molecule has 2 aromatic rings. The zero-order chi connectivity index (χ0) is 27.5. The Kier molecular flexibility index (Phi) is 8.34. The van der Waals surface area contributed by atoms with Gasteiger partial charge in [-0.05, 0) is 25.0 Å². The maximum Gasteiger partial charge on any atom is 0.478 e. The first kappa shape index (κ1) is 27.9. The molecule has 0 aromatic carbocycles. The third-order valence-electron chi connectivity index (χ3n) is 6.39. The monoisotopic (exact) mass is 551 g/mol. The number of hydrogen-bond donors (Lipinski definition) is 1. The minimum atomic E-state index is -4.29. The number of esters is 2. The molecule has 0 radical (unpaired) electrons. The molecular formula is C23H30N5O9P. The van der Waals surface area contributed by atoms with Gasteiger partial charge in [0.1, 0.15) is 30.1 Å². The number of nitrogens with zero attached hydrogens (tertiary/aromatic N) is 4. The molecule has 15 heteroatoms. The maximum absolute atomic E-state index is 13.3. The molecule has 4 heterocycles. The fourth-order valence-corrected chi connectivity index (χ4v) is 5.98. The molecule has 2 fully saturated rings. The molecule has 0 spiro atoms. The van der Waals surface area contributed by atoms with Gasteiger partial charge in [0.05, 0.1) is 18.2 Å². The van der Waals surface area contributed by atoms with Crippen LogP contribution in [0.3, 0.4) is 0 Å². The molecule has 5 atom stereocenters. The molecule has 206 valence electrons. The first-order valence-electron chi connectivity index (χ1n) is 12.3. The van der Waals surface area contributed by atoms with Crippen LogP contribution in [0.2, 0.25) is 0 Å². The number of nitrogen functional groups attached to an aromatic ring is 1. The molecule has 2 aliphatic heterocycles. The molecule has 0 amide bonds. The van der Waals surface area contributed by atoms with E-state index in [4.69, 9.17) is 33.5 Å². The summed E-state index contributed by atoms with van der Waals surface area (Å²) in [6.07, 6.45) is 0.569. The summed E-state index contributed by atoms with van der Waals surface area (Å²) in [6, 6.07) is 5.19. The van der Waals surface area contributed by atoms with Crippen LogP contribution in [0.25, 0.3) is 5.52 Å². The van der Waals surface area contributed by atoms with Crippen LogP contribution < -0.4 is 5.73 Å². The largest absolute Gasteiger partial charge is 0.478 e. The lowest BCUT2D eigenvalue weighted by Crippen LogP contribution is -2.46. The van der Waals surface area contributed by atoms with Crippen molar-refractivity contribution in [3.8, 4) is 6.07 Å². The molecule has 14 nitrogen and oxygen atoms in total. The van der Waals surface area contributed by atoms with Crippen LogP contribution in [0.5, 0.6) is 0 Å². The topological polar surface area (TPSA) is 187 Å². The van der Waals surface area contributed by atoms with E-state index in [0.717, 1.165) is 19.8 Å². The van der Waals surface area contributed by atoms with Crippen molar-refractivity contribution in [2.75, 3.05) is 19.1 Å². The van der Waals surface area contributed by atoms with E-state index in [1.54, 1.807) is 6.07 Å². The Labute approximate surface area is 218 Å². The fraction of sp³-hybridized carbons (Fsp3) is 0.609. The zero-order valence-electron chi connectivity index (χ0n) is 21.3. The van der Waals surface area contributed by atoms with Gasteiger partial charge in [0, 0.05) is 6.92 Å². The summed E-state index contributed by atoms with van der Waals surface area (Å²) in [7, 11) is -4.29. The number of ether oxygens (including phenoxy) is 3. The summed E-state index contributed by atoms with van der Waals surface area (Å²) >= 11 is 0. The van der Waals surface area contributed by atoms with Crippen molar-refractivity contribution in [1.82, 2.24) is 14.6 Å². The molecular weight excluding hydrogens is 521 g/mol. The van der Waals surface area contributed by atoms with Gasteiger partial charge in [-0.2, -0.15) is 10.4 Å². The van der Waals surface area contributed by atoms with E-state index in [1.165, 1.54) is 16.9 Å². The first-order valence-corrected chi connectivity index (χ1v) is 13.7. The van der Waals surface area contributed by atoms with Crippen molar-refractivity contribution in [3.63, 3.8) is 0 Å². The SMILES string of the molecule is CCCC(CCC)C(=O)OCO[P@@]1(=O)OC[C@H]2O[C@@](C#N)(c3ccc4c(N)ncnn34)[C@H](OC(C)=O)[C@@H]2O1. The van der Waals surface area contributed by atoms with Gasteiger partial charge in [0.2, 0.25) is 12.4 Å². The second-order valence-corrected chi connectivity index (χ2v) is 10.6. The molecule has 0 saturated carbocycles. The van der Waals surface area contributed by atoms with Crippen LogP contribution in [0.15, 0.2) is 18.5 Å². The van der Waals surface area contributed by atoms with Crippen LogP contribution in [0.1, 0.15) is 52.1 Å². The zero-order valence-corrected chi connectivity index (χ0v) is 22.2. The number of nitrogens with two attached hydrogens (primary N) is 1. The van der Waals surface area contributed by atoms with Gasteiger partial charge in [-0.1, -0.05) is 26.7 Å². The molecule has 2 aromatic heterocycles. The van der Waals surface area contributed by atoms with Crippen molar-refractivity contribution in [2.24, 2.45) is 5.92 Å².